The molecule has 0 saturated carbocycles. The SMILES string of the molecule is CC(NC(=O)c1c(N)[nH][n+]2cccnc12)c1nc2cccc(C=CC(F)(F)F)c2c(=O)n1-c1ccccc1. The van der Waals surface area contributed by atoms with Gasteiger partial charge in [0, 0.05) is 12.1 Å². The minimum atomic E-state index is -4.55. The molecule has 1 amide bonds. The van der Waals surface area contributed by atoms with Gasteiger partial charge in [-0.05, 0) is 41.7 Å². The number of carbonyl (C=O) groups excluding carboxylic acids is 1. The summed E-state index contributed by atoms with van der Waals surface area (Å²) in [6.07, 6.45) is -0.462. The monoisotopic (exact) mass is 520 g/mol. The molecule has 38 heavy (non-hydrogen) atoms. The van der Waals surface area contributed by atoms with E-state index >= 15 is 0 Å². The second-order valence-corrected chi connectivity index (χ2v) is 8.47. The molecule has 3 aromatic heterocycles. The zero-order chi connectivity index (χ0) is 27.0. The highest BCUT2D eigenvalue weighted by Crippen LogP contribution is 2.24. The third kappa shape index (κ3) is 4.59. The maximum atomic E-state index is 13.8. The molecule has 5 aromatic rings. The van der Waals surface area contributed by atoms with Crippen LogP contribution < -0.4 is 21.1 Å². The Morgan fingerprint density at radius 3 is 2.66 bits per heavy atom. The first-order valence-electron chi connectivity index (χ1n) is 11.5. The molecule has 0 aliphatic rings. The molecule has 4 N–H and O–H groups in total. The Bertz CT molecular complexity index is 1760. The van der Waals surface area contributed by atoms with Crippen molar-refractivity contribution < 1.29 is 22.5 Å². The van der Waals surface area contributed by atoms with Gasteiger partial charge in [-0.1, -0.05) is 30.3 Å². The van der Waals surface area contributed by atoms with Gasteiger partial charge < -0.3 is 11.1 Å². The van der Waals surface area contributed by atoms with Crippen molar-refractivity contribution in [3.05, 3.63) is 100 Å². The van der Waals surface area contributed by atoms with Crippen molar-refractivity contribution in [1.29, 1.82) is 0 Å². The van der Waals surface area contributed by atoms with E-state index in [2.05, 4.69) is 20.4 Å². The number of carbonyl (C=O) groups is 1. The molecule has 0 bridgehead atoms. The quantitative estimate of drug-likeness (QED) is 0.306. The van der Waals surface area contributed by atoms with Crippen LogP contribution in [0.4, 0.5) is 19.0 Å². The van der Waals surface area contributed by atoms with Gasteiger partial charge in [0.15, 0.2) is 11.4 Å². The number of para-hydroxylation sites is 1. The minimum absolute atomic E-state index is 0.0144. The fourth-order valence-corrected chi connectivity index (χ4v) is 4.22. The summed E-state index contributed by atoms with van der Waals surface area (Å²) in [6.45, 7) is 1.64. The van der Waals surface area contributed by atoms with Crippen molar-refractivity contribution >= 4 is 34.4 Å². The molecule has 12 heteroatoms. The maximum Gasteiger partial charge on any atom is 0.409 e. The number of rotatable bonds is 5. The standard InChI is InChI=1S/C26H20F3N7O2/c1-15(32-24(37)20-21(30)34-35-14-6-13-31-23(20)35)22-33-18-10-5-7-16(11-12-26(27,28)29)19(18)25(38)36(22)17-8-3-2-4-9-17/h2-15H,1H3,(H3,30,32,34,37)/p+1. The third-order valence-electron chi connectivity index (χ3n) is 5.86. The molecule has 0 radical (unpaired) electrons. The van der Waals surface area contributed by atoms with E-state index in [4.69, 9.17) is 5.73 Å². The predicted molar refractivity (Wildman–Crippen MR) is 134 cm³/mol. The molecular formula is C26H21F3N7O2+. The lowest BCUT2D eigenvalue weighted by molar-refractivity contribution is -0.577. The van der Waals surface area contributed by atoms with E-state index in [0.717, 1.165) is 6.08 Å². The van der Waals surface area contributed by atoms with Gasteiger partial charge in [-0.3, -0.25) is 14.2 Å². The van der Waals surface area contributed by atoms with Crippen LogP contribution in [0.25, 0.3) is 28.3 Å². The van der Waals surface area contributed by atoms with Gasteiger partial charge in [0.2, 0.25) is 0 Å². The Balaban J connectivity index is 1.65. The molecule has 2 aromatic carbocycles. The third-order valence-corrected chi connectivity index (χ3v) is 5.86. The number of allylic oxidation sites excluding steroid dienone is 1. The minimum Gasteiger partial charge on any atom is -0.382 e. The zero-order valence-electron chi connectivity index (χ0n) is 19.9. The molecule has 5 rings (SSSR count). The molecule has 0 spiro atoms. The molecule has 9 nitrogen and oxygen atoms in total. The number of nitrogens with one attached hydrogen (secondary N) is 2. The lowest BCUT2D eigenvalue weighted by Crippen LogP contribution is -2.34. The summed E-state index contributed by atoms with van der Waals surface area (Å²) in [4.78, 5) is 35.9. The van der Waals surface area contributed by atoms with Crippen LogP contribution in [0.2, 0.25) is 0 Å². The summed E-state index contributed by atoms with van der Waals surface area (Å²) in [6, 6.07) is 13.8. The van der Waals surface area contributed by atoms with E-state index in [1.807, 2.05) is 0 Å². The molecule has 3 heterocycles. The lowest BCUT2D eigenvalue weighted by atomic mass is 10.1. The first-order valence-corrected chi connectivity index (χ1v) is 11.5. The van der Waals surface area contributed by atoms with E-state index in [1.54, 1.807) is 49.5 Å². The fraction of sp³-hybridized carbons (Fsp3) is 0.115. The summed E-state index contributed by atoms with van der Waals surface area (Å²) in [5.74, 6) is -0.275. The Kier molecular flexibility index (Phi) is 6.15. The van der Waals surface area contributed by atoms with E-state index in [1.165, 1.54) is 33.5 Å². The summed E-state index contributed by atoms with van der Waals surface area (Å²) < 4.78 is 41.4. The number of nitrogens with two attached hydrogens (primary N) is 1. The fourth-order valence-electron chi connectivity index (χ4n) is 4.22. The van der Waals surface area contributed by atoms with Gasteiger partial charge in [0.05, 0.1) is 22.6 Å². The maximum absolute atomic E-state index is 13.8. The van der Waals surface area contributed by atoms with Crippen molar-refractivity contribution in [3.63, 3.8) is 0 Å². The van der Waals surface area contributed by atoms with Crippen LogP contribution in [0.5, 0.6) is 0 Å². The van der Waals surface area contributed by atoms with E-state index in [0.29, 0.717) is 11.3 Å². The average molecular weight is 520 g/mol. The van der Waals surface area contributed by atoms with Crippen LogP contribution in [0.15, 0.2) is 77.9 Å². The molecule has 1 unspecified atom stereocenters. The smallest absolute Gasteiger partial charge is 0.382 e. The van der Waals surface area contributed by atoms with Crippen molar-refractivity contribution in [1.82, 2.24) is 25.0 Å². The summed E-state index contributed by atoms with van der Waals surface area (Å²) in [5.41, 5.74) is 6.56. The van der Waals surface area contributed by atoms with Crippen LogP contribution in [0.3, 0.4) is 0 Å². The summed E-state index contributed by atoms with van der Waals surface area (Å²) in [5, 5.41) is 5.66. The highest BCUT2D eigenvalue weighted by atomic mass is 19.4. The van der Waals surface area contributed by atoms with Crippen molar-refractivity contribution in [2.45, 2.75) is 19.1 Å². The van der Waals surface area contributed by atoms with E-state index in [-0.39, 0.29) is 39.7 Å². The van der Waals surface area contributed by atoms with Crippen molar-refractivity contribution in [2.24, 2.45) is 0 Å². The molecular weight excluding hydrogens is 499 g/mol. The number of nitrogen functional groups attached to an aromatic ring is 1. The Hall–Kier alpha value is -5.00. The summed E-state index contributed by atoms with van der Waals surface area (Å²) >= 11 is 0. The van der Waals surface area contributed by atoms with Crippen LogP contribution in [-0.2, 0) is 0 Å². The Morgan fingerprint density at radius 2 is 1.92 bits per heavy atom. The van der Waals surface area contributed by atoms with Crippen LogP contribution >= 0.6 is 0 Å². The average Bonchev–Trinajstić information content (AvgIpc) is 3.23. The van der Waals surface area contributed by atoms with Crippen molar-refractivity contribution in [2.75, 3.05) is 5.73 Å². The number of amides is 1. The number of hydrogen-bond acceptors (Lipinski definition) is 5. The molecule has 0 aliphatic carbocycles. The number of anilines is 1. The number of aromatic amines is 1. The van der Waals surface area contributed by atoms with Gasteiger partial charge in [-0.15, -0.1) is 4.52 Å². The lowest BCUT2D eigenvalue weighted by Gasteiger charge is -2.20. The first kappa shape index (κ1) is 24.7. The van der Waals surface area contributed by atoms with E-state index in [9.17, 15) is 22.8 Å². The number of H-pyrrole nitrogens is 1. The molecule has 192 valence electrons. The van der Waals surface area contributed by atoms with Crippen LogP contribution in [-0.4, -0.2) is 31.7 Å². The molecule has 0 fully saturated rings. The molecule has 0 aliphatic heterocycles. The number of nitrogens with zero attached hydrogens (tertiary/aromatic N) is 4. The second kappa shape index (κ2) is 9.47. The number of hydrogen-bond donors (Lipinski definition) is 3. The van der Waals surface area contributed by atoms with E-state index < -0.39 is 23.7 Å². The van der Waals surface area contributed by atoms with Gasteiger partial charge in [-0.2, -0.15) is 13.2 Å². The first-order chi connectivity index (χ1) is 18.1. The number of halogens is 3. The van der Waals surface area contributed by atoms with Gasteiger partial charge in [0.1, 0.15) is 18.2 Å². The summed E-state index contributed by atoms with van der Waals surface area (Å²) in [7, 11) is 0. The number of benzene rings is 2. The highest BCUT2D eigenvalue weighted by molar-refractivity contribution is 6.03. The Labute approximate surface area is 213 Å². The van der Waals surface area contributed by atoms with Gasteiger partial charge in [0.25, 0.3) is 11.5 Å². The Morgan fingerprint density at radius 1 is 1.16 bits per heavy atom. The number of aromatic nitrogens is 5. The molecule has 0 saturated heterocycles. The van der Waals surface area contributed by atoms with Gasteiger partial charge in [-0.25, -0.2) is 10.1 Å². The number of alkyl halides is 3. The highest BCUT2D eigenvalue weighted by Gasteiger charge is 2.28. The zero-order valence-corrected chi connectivity index (χ0v) is 19.9. The topological polar surface area (TPSA) is 123 Å². The molecule has 1 atom stereocenters. The van der Waals surface area contributed by atoms with Crippen LogP contribution in [0, 0.1) is 0 Å². The normalized spacial score (nSPS) is 12.8. The largest absolute Gasteiger partial charge is 0.409 e. The second-order valence-electron chi connectivity index (χ2n) is 8.47. The van der Waals surface area contributed by atoms with Crippen LogP contribution in [0.1, 0.15) is 34.7 Å². The predicted octanol–water partition coefficient (Wildman–Crippen LogP) is 3.50. The van der Waals surface area contributed by atoms with Crippen molar-refractivity contribution in [3.8, 4) is 5.69 Å². The number of fused-ring (bicyclic) bond motifs is 2. The van der Waals surface area contributed by atoms with Gasteiger partial charge >= 0.3 is 11.8 Å².